The monoisotopic (exact) mass is 455 g/mol. The topological polar surface area (TPSA) is 136 Å². The molecule has 166 valence electrons. The van der Waals surface area contributed by atoms with Crippen molar-refractivity contribution in [2.24, 2.45) is 5.73 Å². The number of nitrogens with two attached hydrogens (primary N) is 1. The van der Waals surface area contributed by atoms with Crippen molar-refractivity contribution < 1.29 is 28.7 Å². The Labute approximate surface area is 187 Å². The standard InChI is InChI=1S/C22H21N3O6S/c1-11(20(29)24-21-18(19(23)28)14-6-3-7-15(14)32-21)31-22(30)12-4-2-5-13(10-12)25-16(26)8-9-17(25)27/h2,4-5,10-11H,3,6-9H2,1H3,(H2,23,28)(H,24,29). The van der Waals surface area contributed by atoms with E-state index < -0.39 is 23.9 Å². The summed E-state index contributed by atoms with van der Waals surface area (Å²) in [6.07, 6.45) is 1.62. The molecular weight excluding hydrogens is 434 g/mol. The number of carbonyl (C=O) groups excluding carboxylic acids is 5. The minimum atomic E-state index is -1.15. The molecule has 9 nitrogen and oxygen atoms in total. The highest BCUT2D eigenvalue weighted by atomic mass is 32.1. The Bertz CT molecular complexity index is 1140. The summed E-state index contributed by atoms with van der Waals surface area (Å²) in [6, 6.07) is 5.93. The summed E-state index contributed by atoms with van der Waals surface area (Å²) >= 11 is 1.31. The number of imide groups is 1. The third kappa shape index (κ3) is 4.01. The number of fused-ring (bicyclic) bond motifs is 1. The summed E-state index contributed by atoms with van der Waals surface area (Å²) in [4.78, 5) is 63.0. The Morgan fingerprint density at radius 2 is 1.84 bits per heavy atom. The van der Waals surface area contributed by atoms with Gasteiger partial charge in [0.2, 0.25) is 11.8 Å². The van der Waals surface area contributed by atoms with E-state index in [0.717, 1.165) is 34.6 Å². The Hall–Kier alpha value is -3.53. The number of carbonyl (C=O) groups is 5. The zero-order chi connectivity index (χ0) is 23.0. The van der Waals surface area contributed by atoms with E-state index in [1.54, 1.807) is 6.07 Å². The van der Waals surface area contributed by atoms with Crippen LogP contribution in [0, 0.1) is 0 Å². The summed E-state index contributed by atoms with van der Waals surface area (Å²) < 4.78 is 5.27. The molecule has 0 radical (unpaired) electrons. The number of ether oxygens (including phenoxy) is 1. The molecule has 2 heterocycles. The molecule has 0 spiro atoms. The van der Waals surface area contributed by atoms with E-state index in [9.17, 15) is 24.0 Å². The summed E-state index contributed by atoms with van der Waals surface area (Å²) in [5.74, 6) is -2.64. The molecule has 2 aliphatic rings. The van der Waals surface area contributed by atoms with Gasteiger partial charge in [0, 0.05) is 17.7 Å². The van der Waals surface area contributed by atoms with Crippen LogP contribution in [-0.2, 0) is 32.0 Å². The maximum Gasteiger partial charge on any atom is 0.338 e. The van der Waals surface area contributed by atoms with E-state index in [1.807, 2.05) is 0 Å². The average Bonchev–Trinajstić information content (AvgIpc) is 3.42. The van der Waals surface area contributed by atoms with Crippen molar-refractivity contribution >= 4 is 51.6 Å². The number of amides is 4. The van der Waals surface area contributed by atoms with Crippen LogP contribution in [0.25, 0.3) is 0 Å². The van der Waals surface area contributed by atoms with Crippen LogP contribution in [0.5, 0.6) is 0 Å². The molecule has 1 aromatic heterocycles. The molecule has 1 aliphatic heterocycles. The van der Waals surface area contributed by atoms with Gasteiger partial charge in [0.05, 0.1) is 16.8 Å². The molecule has 4 amide bonds. The number of nitrogens with zero attached hydrogens (tertiary/aromatic N) is 1. The lowest BCUT2D eigenvalue weighted by Gasteiger charge is -2.16. The fourth-order valence-corrected chi connectivity index (χ4v) is 5.18. The first-order valence-corrected chi connectivity index (χ1v) is 11.0. The Morgan fingerprint density at radius 1 is 1.12 bits per heavy atom. The lowest BCUT2D eigenvalue weighted by atomic mass is 10.1. The van der Waals surface area contributed by atoms with Crippen molar-refractivity contribution in [3.63, 3.8) is 0 Å². The Morgan fingerprint density at radius 3 is 2.53 bits per heavy atom. The number of benzene rings is 1. The molecule has 1 fully saturated rings. The number of aryl methyl sites for hydroxylation is 1. The van der Waals surface area contributed by atoms with Crippen molar-refractivity contribution in [2.75, 3.05) is 10.2 Å². The Kier molecular flexibility index (Phi) is 5.79. The van der Waals surface area contributed by atoms with Crippen LogP contribution in [0.2, 0.25) is 0 Å². The van der Waals surface area contributed by atoms with E-state index in [4.69, 9.17) is 10.5 Å². The molecule has 32 heavy (non-hydrogen) atoms. The second kappa shape index (κ2) is 8.54. The zero-order valence-electron chi connectivity index (χ0n) is 17.3. The van der Waals surface area contributed by atoms with Gasteiger partial charge in [-0.05, 0) is 49.9 Å². The van der Waals surface area contributed by atoms with Crippen molar-refractivity contribution in [1.29, 1.82) is 0 Å². The maximum atomic E-state index is 12.6. The van der Waals surface area contributed by atoms with Crippen LogP contribution in [0.15, 0.2) is 24.3 Å². The maximum absolute atomic E-state index is 12.6. The average molecular weight is 455 g/mol. The predicted molar refractivity (Wildman–Crippen MR) is 117 cm³/mol. The van der Waals surface area contributed by atoms with Crippen LogP contribution in [0.3, 0.4) is 0 Å². The van der Waals surface area contributed by atoms with E-state index in [1.165, 1.54) is 36.5 Å². The fourth-order valence-electron chi connectivity index (χ4n) is 3.89. The molecule has 2 aromatic rings. The van der Waals surface area contributed by atoms with Crippen molar-refractivity contribution in [3.05, 3.63) is 45.8 Å². The summed E-state index contributed by atoms with van der Waals surface area (Å²) in [5.41, 5.74) is 7.09. The number of esters is 1. The SMILES string of the molecule is CC(OC(=O)c1cccc(N2C(=O)CCC2=O)c1)C(=O)Nc1sc2c(c1C(N)=O)CCC2. The van der Waals surface area contributed by atoms with Gasteiger partial charge in [0.1, 0.15) is 5.00 Å². The van der Waals surface area contributed by atoms with Gasteiger partial charge in [-0.3, -0.25) is 24.1 Å². The fraction of sp³-hybridized carbons (Fsp3) is 0.318. The molecule has 1 aliphatic carbocycles. The largest absolute Gasteiger partial charge is 0.449 e. The lowest BCUT2D eigenvalue weighted by molar-refractivity contribution is -0.124. The normalized spacial score (nSPS) is 16.1. The van der Waals surface area contributed by atoms with Gasteiger partial charge in [-0.1, -0.05) is 6.07 Å². The minimum absolute atomic E-state index is 0.0996. The number of nitrogens with one attached hydrogen (secondary N) is 1. The molecule has 1 saturated heterocycles. The lowest BCUT2D eigenvalue weighted by Crippen LogP contribution is -2.31. The highest BCUT2D eigenvalue weighted by molar-refractivity contribution is 7.17. The Balaban J connectivity index is 1.45. The van der Waals surface area contributed by atoms with Crippen LogP contribution in [0.1, 0.15) is 57.3 Å². The number of hydrogen-bond donors (Lipinski definition) is 2. The first-order valence-electron chi connectivity index (χ1n) is 10.2. The van der Waals surface area contributed by atoms with Crippen LogP contribution >= 0.6 is 11.3 Å². The van der Waals surface area contributed by atoms with Crippen LogP contribution in [-0.4, -0.2) is 35.7 Å². The van der Waals surface area contributed by atoms with E-state index >= 15 is 0 Å². The van der Waals surface area contributed by atoms with E-state index in [2.05, 4.69) is 5.32 Å². The number of primary amides is 1. The first-order chi connectivity index (χ1) is 15.3. The van der Waals surface area contributed by atoms with Gasteiger partial charge in [-0.15, -0.1) is 11.3 Å². The highest BCUT2D eigenvalue weighted by Gasteiger charge is 2.31. The molecule has 1 aromatic carbocycles. The molecule has 10 heteroatoms. The second-order valence-corrected chi connectivity index (χ2v) is 8.74. The van der Waals surface area contributed by atoms with Gasteiger partial charge >= 0.3 is 5.97 Å². The predicted octanol–water partition coefficient (Wildman–Crippen LogP) is 2.17. The second-order valence-electron chi connectivity index (χ2n) is 7.64. The third-order valence-corrected chi connectivity index (χ3v) is 6.66. The number of hydrogen-bond acceptors (Lipinski definition) is 7. The molecule has 1 unspecified atom stereocenters. The summed E-state index contributed by atoms with van der Waals surface area (Å²) in [6.45, 7) is 1.41. The molecule has 0 saturated carbocycles. The first kappa shape index (κ1) is 21.7. The molecule has 3 N–H and O–H groups in total. The third-order valence-electron chi connectivity index (χ3n) is 5.45. The van der Waals surface area contributed by atoms with Crippen molar-refractivity contribution in [3.8, 4) is 0 Å². The summed E-state index contributed by atoms with van der Waals surface area (Å²) in [7, 11) is 0. The van der Waals surface area contributed by atoms with E-state index in [0.29, 0.717) is 10.6 Å². The zero-order valence-corrected chi connectivity index (χ0v) is 18.1. The van der Waals surface area contributed by atoms with Gasteiger partial charge < -0.3 is 15.8 Å². The van der Waals surface area contributed by atoms with Crippen LogP contribution in [0.4, 0.5) is 10.7 Å². The molecular formula is C22H21N3O6S. The van der Waals surface area contributed by atoms with Crippen LogP contribution < -0.4 is 16.0 Å². The molecule has 0 bridgehead atoms. The smallest absolute Gasteiger partial charge is 0.338 e. The van der Waals surface area contributed by atoms with Crippen molar-refractivity contribution in [1.82, 2.24) is 0 Å². The number of anilines is 2. The molecule has 4 rings (SSSR count). The van der Waals surface area contributed by atoms with E-state index in [-0.39, 0.29) is 35.9 Å². The molecule has 1 atom stereocenters. The number of thiophene rings is 1. The van der Waals surface area contributed by atoms with Crippen molar-refractivity contribution in [2.45, 2.75) is 45.1 Å². The van der Waals surface area contributed by atoms with Gasteiger partial charge in [0.15, 0.2) is 6.10 Å². The summed E-state index contributed by atoms with van der Waals surface area (Å²) in [5, 5.41) is 3.01. The quantitative estimate of drug-likeness (QED) is 0.506. The highest BCUT2D eigenvalue weighted by Crippen LogP contribution is 2.39. The van der Waals surface area contributed by atoms with Gasteiger partial charge in [-0.2, -0.15) is 0 Å². The van der Waals surface area contributed by atoms with Gasteiger partial charge in [-0.25, -0.2) is 4.79 Å². The number of rotatable bonds is 6. The minimum Gasteiger partial charge on any atom is -0.449 e. The van der Waals surface area contributed by atoms with Gasteiger partial charge in [0.25, 0.3) is 11.8 Å².